The van der Waals surface area contributed by atoms with Gasteiger partial charge in [0.2, 0.25) is 0 Å². The van der Waals surface area contributed by atoms with Crippen molar-refractivity contribution in [3.05, 3.63) is 142 Å². The minimum Gasteiger partial charge on any atom is -0.378 e. The molecule has 0 atom stereocenters. The van der Waals surface area contributed by atoms with Crippen LogP contribution in [0.5, 0.6) is 0 Å². The Hall–Kier alpha value is -3.60. The second-order valence-corrected chi connectivity index (χ2v) is 11.6. The van der Waals surface area contributed by atoms with E-state index in [1.807, 2.05) is 13.0 Å². The molecular weight excluding hydrogens is 508 g/mol. The fourth-order valence-electron chi connectivity index (χ4n) is 3.27. The molecule has 0 saturated carbocycles. The van der Waals surface area contributed by atoms with Gasteiger partial charge in [0.25, 0.3) is 0 Å². The zero-order chi connectivity index (χ0) is 31.8. The fraction of sp³-hybridized carbons (Fsp3) is 0.366. The highest BCUT2D eigenvalue weighted by atomic mass is 16.5. The first-order valence-corrected chi connectivity index (χ1v) is 14.9. The first kappa shape index (κ1) is 38.4. The highest BCUT2D eigenvalue weighted by molar-refractivity contribution is 5.36. The van der Waals surface area contributed by atoms with Gasteiger partial charge in [-0.1, -0.05) is 142 Å². The molecule has 0 N–H and O–H groups in total. The Morgan fingerprint density at radius 2 is 1.12 bits per heavy atom. The van der Waals surface area contributed by atoms with Gasteiger partial charge in [-0.3, -0.25) is 0 Å². The topological polar surface area (TPSA) is 9.23 Å². The first-order chi connectivity index (χ1) is 19.8. The molecule has 42 heavy (non-hydrogen) atoms. The summed E-state index contributed by atoms with van der Waals surface area (Å²) < 4.78 is 5.45. The average molecular weight is 565 g/mol. The Balaban J connectivity index is 4.79. The maximum absolute atomic E-state index is 5.45. The predicted octanol–water partition coefficient (Wildman–Crippen LogP) is 12.0. The third kappa shape index (κ3) is 24.2. The minimum absolute atomic E-state index is 0.122. The summed E-state index contributed by atoms with van der Waals surface area (Å²) in [5, 5.41) is 0. The lowest BCUT2D eigenvalue weighted by Gasteiger charge is -2.20. The maximum atomic E-state index is 5.45. The van der Waals surface area contributed by atoms with Crippen molar-refractivity contribution in [2.24, 2.45) is 0 Å². The van der Waals surface area contributed by atoms with Crippen molar-refractivity contribution in [3.63, 3.8) is 0 Å². The van der Waals surface area contributed by atoms with Crippen molar-refractivity contribution in [1.82, 2.24) is 0 Å². The number of allylic oxidation sites excluding steroid dienone is 23. The summed E-state index contributed by atoms with van der Waals surface area (Å²) in [4.78, 5) is 0. The second-order valence-electron chi connectivity index (χ2n) is 11.6. The van der Waals surface area contributed by atoms with Gasteiger partial charge in [0.05, 0.1) is 5.60 Å². The Morgan fingerprint density at radius 3 is 1.62 bits per heavy atom. The van der Waals surface area contributed by atoms with Crippen LogP contribution in [-0.4, -0.2) is 12.7 Å². The van der Waals surface area contributed by atoms with E-state index in [9.17, 15) is 0 Å². The Labute approximate surface area is 259 Å². The lowest BCUT2D eigenvalue weighted by atomic mass is 10.0. The van der Waals surface area contributed by atoms with Crippen LogP contribution < -0.4 is 0 Å². The van der Waals surface area contributed by atoms with E-state index in [2.05, 4.69) is 171 Å². The third-order valence-electron chi connectivity index (χ3n) is 6.19. The van der Waals surface area contributed by atoms with Crippen LogP contribution in [0.15, 0.2) is 142 Å². The first-order valence-electron chi connectivity index (χ1n) is 14.9. The van der Waals surface area contributed by atoms with Crippen LogP contribution in [0.2, 0.25) is 0 Å². The zero-order valence-electron chi connectivity index (χ0n) is 28.3. The molecule has 0 heterocycles. The molecular formula is C41H56O. The van der Waals surface area contributed by atoms with Crippen LogP contribution >= 0.6 is 0 Å². The molecule has 1 nitrogen and oxygen atoms in total. The molecule has 0 bridgehead atoms. The lowest BCUT2D eigenvalue weighted by molar-refractivity contribution is 0.0255. The summed E-state index contributed by atoms with van der Waals surface area (Å²) in [6, 6.07) is 0. The molecule has 226 valence electrons. The minimum atomic E-state index is -0.122. The number of rotatable bonds is 15. The lowest BCUT2D eigenvalue weighted by Crippen LogP contribution is -2.20. The molecule has 0 aliphatic carbocycles. The molecule has 0 fully saturated rings. The van der Waals surface area contributed by atoms with Crippen LogP contribution in [0.3, 0.4) is 0 Å². The largest absolute Gasteiger partial charge is 0.378 e. The Morgan fingerprint density at radius 1 is 0.643 bits per heavy atom. The monoisotopic (exact) mass is 564 g/mol. The van der Waals surface area contributed by atoms with E-state index in [1.165, 1.54) is 33.4 Å². The van der Waals surface area contributed by atoms with E-state index in [1.54, 1.807) is 7.11 Å². The van der Waals surface area contributed by atoms with E-state index in [4.69, 9.17) is 4.74 Å². The molecule has 0 aliphatic rings. The average Bonchev–Trinajstić information content (AvgIpc) is 2.91. The number of ether oxygens (including phenoxy) is 1. The fourth-order valence-corrected chi connectivity index (χ4v) is 3.27. The van der Waals surface area contributed by atoms with Gasteiger partial charge in [0.1, 0.15) is 0 Å². The molecule has 0 rings (SSSR count). The van der Waals surface area contributed by atoms with Gasteiger partial charge in [-0.05, 0) is 100 Å². The Bertz CT molecular complexity index is 1250. The number of methoxy groups -OCH3 is 1. The van der Waals surface area contributed by atoms with Crippen LogP contribution in [0.4, 0.5) is 0 Å². The summed E-state index contributed by atoms with van der Waals surface area (Å²) in [5.41, 5.74) is 8.41. The van der Waals surface area contributed by atoms with Gasteiger partial charge in [-0.2, -0.15) is 0 Å². The molecule has 0 radical (unpaired) electrons. The van der Waals surface area contributed by atoms with Crippen molar-refractivity contribution in [1.29, 1.82) is 0 Å². The molecule has 0 aromatic carbocycles. The Kier molecular flexibility index (Phi) is 21.0. The van der Waals surface area contributed by atoms with E-state index in [0.29, 0.717) is 0 Å². The van der Waals surface area contributed by atoms with Gasteiger partial charge < -0.3 is 4.74 Å². The summed E-state index contributed by atoms with van der Waals surface area (Å²) in [6.45, 7) is 21.1. The van der Waals surface area contributed by atoms with Crippen LogP contribution in [0.1, 0.15) is 88.5 Å². The summed E-state index contributed by atoms with van der Waals surface area (Å²) in [5.74, 6) is 6.38. The molecule has 0 spiro atoms. The van der Waals surface area contributed by atoms with Gasteiger partial charge in [0, 0.05) is 7.11 Å². The van der Waals surface area contributed by atoms with Crippen molar-refractivity contribution in [2.45, 2.75) is 94.1 Å². The molecule has 0 aliphatic heterocycles. The van der Waals surface area contributed by atoms with Gasteiger partial charge in [-0.15, -0.1) is 0 Å². The van der Waals surface area contributed by atoms with Crippen molar-refractivity contribution in [2.75, 3.05) is 7.11 Å². The van der Waals surface area contributed by atoms with Gasteiger partial charge >= 0.3 is 0 Å². The highest BCUT2D eigenvalue weighted by Crippen LogP contribution is 2.14. The number of hydrogen-bond acceptors (Lipinski definition) is 1. The molecule has 0 saturated heterocycles. The van der Waals surface area contributed by atoms with Crippen LogP contribution in [-0.2, 0) is 4.74 Å². The summed E-state index contributed by atoms with van der Waals surface area (Å²) >= 11 is 0. The predicted molar refractivity (Wildman–Crippen MR) is 190 cm³/mol. The summed E-state index contributed by atoms with van der Waals surface area (Å²) in [6.07, 6.45) is 38.9. The van der Waals surface area contributed by atoms with Gasteiger partial charge in [0.15, 0.2) is 0 Å². The standard InChI is InChI=1S/C41H56O/c1-34(2)20-14-23-37(5)26-17-29-38(6)27-15-24-35(3)21-12-13-22-36(4)25-16-28-39(7)30-18-31-40(8)32-19-33-41(9,10)42-11/h12-13,15-16,18-22,24-28,30-32H,14,23,33H2,1-11H3/b13-12+,24-15+,25-16+,30-18+,32-19+,35-21+,36-22+,37-26+,38-27+,39-28+,40-31+. The smallest absolute Gasteiger partial charge is 0.0657 e. The molecule has 0 unspecified atom stereocenters. The maximum Gasteiger partial charge on any atom is 0.0657 e. The SMILES string of the molecule is COC(C)(C)C/C=C/C(C)=C/C=C/C(C)=C/C=C/C(C)=C/C=C/C=C(C)/C=C/C=C(\C)C#C/C=C(\C)CCC=C(C)C. The van der Waals surface area contributed by atoms with E-state index >= 15 is 0 Å². The van der Waals surface area contributed by atoms with Crippen LogP contribution in [0, 0.1) is 11.8 Å². The summed E-state index contributed by atoms with van der Waals surface area (Å²) in [7, 11) is 1.75. The van der Waals surface area contributed by atoms with E-state index in [-0.39, 0.29) is 5.60 Å². The second kappa shape index (κ2) is 23.0. The normalized spacial score (nSPS) is 15.1. The van der Waals surface area contributed by atoms with Crippen molar-refractivity contribution in [3.8, 4) is 11.8 Å². The molecule has 0 amide bonds. The zero-order valence-corrected chi connectivity index (χ0v) is 28.3. The van der Waals surface area contributed by atoms with Crippen LogP contribution in [0.25, 0.3) is 0 Å². The molecule has 1 heteroatoms. The highest BCUT2D eigenvalue weighted by Gasteiger charge is 2.12. The van der Waals surface area contributed by atoms with E-state index in [0.717, 1.165) is 24.8 Å². The van der Waals surface area contributed by atoms with Crippen molar-refractivity contribution < 1.29 is 4.74 Å². The third-order valence-corrected chi connectivity index (χ3v) is 6.19. The molecule has 0 aromatic heterocycles. The van der Waals surface area contributed by atoms with Gasteiger partial charge in [-0.25, -0.2) is 0 Å². The molecule has 0 aromatic rings. The quantitative estimate of drug-likeness (QED) is 0.109. The number of hydrogen-bond donors (Lipinski definition) is 0. The van der Waals surface area contributed by atoms with Crippen molar-refractivity contribution >= 4 is 0 Å². The van der Waals surface area contributed by atoms with E-state index < -0.39 is 0 Å².